The van der Waals surface area contributed by atoms with Gasteiger partial charge >= 0.3 is 0 Å². The van der Waals surface area contributed by atoms with E-state index in [0.29, 0.717) is 22.7 Å². The maximum absolute atomic E-state index is 13.3. The second-order valence-electron chi connectivity index (χ2n) is 6.28. The van der Waals surface area contributed by atoms with Crippen LogP contribution in [0.5, 0.6) is 0 Å². The lowest BCUT2D eigenvalue weighted by atomic mass is 10.0. The summed E-state index contributed by atoms with van der Waals surface area (Å²) in [6, 6.07) is 6.13. The van der Waals surface area contributed by atoms with Crippen LogP contribution in [0.3, 0.4) is 0 Å². The summed E-state index contributed by atoms with van der Waals surface area (Å²) < 4.78 is 36.4. The van der Waals surface area contributed by atoms with Crippen LogP contribution < -0.4 is 5.32 Å². The standard InChI is InChI=1S/C16H17FN2O3S2/c1-16(5-6-24(21,22)10-16)19-14(20)8-13-9-23-15(18-13)11-3-2-4-12(17)7-11/h2-4,7,9H,5-6,8,10H2,1H3,(H,19,20). The van der Waals surface area contributed by atoms with Gasteiger partial charge in [0.2, 0.25) is 5.91 Å². The molecule has 128 valence electrons. The Morgan fingerprint density at radius 1 is 1.46 bits per heavy atom. The van der Waals surface area contributed by atoms with Crippen LogP contribution in [0.1, 0.15) is 19.0 Å². The smallest absolute Gasteiger partial charge is 0.226 e. The van der Waals surface area contributed by atoms with Crippen molar-refractivity contribution in [2.45, 2.75) is 25.3 Å². The molecule has 1 amide bonds. The van der Waals surface area contributed by atoms with E-state index in [-0.39, 0.29) is 29.7 Å². The Kier molecular flexibility index (Phi) is 4.44. The van der Waals surface area contributed by atoms with E-state index < -0.39 is 15.4 Å². The van der Waals surface area contributed by atoms with Crippen LogP contribution in [-0.4, -0.2) is 36.4 Å². The van der Waals surface area contributed by atoms with Gasteiger partial charge in [-0.1, -0.05) is 12.1 Å². The first kappa shape index (κ1) is 17.0. The van der Waals surface area contributed by atoms with Crippen molar-refractivity contribution in [1.29, 1.82) is 0 Å². The van der Waals surface area contributed by atoms with Gasteiger partial charge in [-0.05, 0) is 25.5 Å². The molecule has 0 spiro atoms. The first-order valence-corrected chi connectivity index (χ1v) is 10.2. The zero-order valence-corrected chi connectivity index (χ0v) is 14.7. The molecule has 2 aromatic rings. The van der Waals surface area contributed by atoms with Crippen molar-refractivity contribution in [3.05, 3.63) is 41.2 Å². The number of nitrogens with one attached hydrogen (secondary N) is 1. The molecule has 0 aliphatic carbocycles. The van der Waals surface area contributed by atoms with Crippen LogP contribution in [0.2, 0.25) is 0 Å². The lowest BCUT2D eigenvalue weighted by Crippen LogP contribution is -2.47. The predicted octanol–water partition coefficient (Wildman–Crippen LogP) is 2.19. The quantitative estimate of drug-likeness (QED) is 0.897. The molecule has 1 aliphatic rings. The van der Waals surface area contributed by atoms with Gasteiger partial charge in [0.1, 0.15) is 10.8 Å². The Morgan fingerprint density at radius 2 is 2.25 bits per heavy atom. The van der Waals surface area contributed by atoms with E-state index in [1.54, 1.807) is 24.4 Å². The van der Waals surface area contributed by atoms with Crippen molar-refractivity contribution >= 4 is 27.1 Å². The van der Waals surface area contributed by atoms with Crippen LogP contribution in [0.4, 0.5) is 4.39 Å². The molecule has 1 N–H and O–H groups in total. The van der Waals surface area contributed by atoms with Gasteiger partial charge in [0.25, 0.3) is 0 Å². The highest BCUT2D eigenvalue weighted by atomic mass is 32.2. The lowest BCUT2D eigenvalue weighted by Gasteiger charge is -2.23. The van der Waals surface area contributed by atoms with Crippen LogP contribution >= 0.6 is 11.3 Å². The number of rotatable bonds is 4. The third-order valence-electron chi connectivity index (χ3n) is 3.91. The normalized spacial score (nSPS) is 22.4. The summed E-state index contributed by atoms with van der Waals surface area (Å²) in [5.41, 5.74) is 0.541. The molecule has 0 radical (unpaired) electrons. The summed E-state index contributed by atoms with van der Waals surface area (Å²) in [7, 11) is -3.07. The molecule has 2 heterocycles. The first-order chi connectivity index (χ1) is 11.2. The van der Waals surface area contributed by atoms with Gasteiger partial charge in [-0.3, -0.25) is 4.79 Å². The highest BCUT2D eigenvalue weighted by Gasteiger charge is 2.39. The van der Waals surface area contributed by atoms with Crippen molar-refractivity contribution < 1.29 is 17.6 Å². The van der Waals surface area contributed by atoms with Crippen LogP contribution in [0.15, 0.2) is 29.6 Å². The first-order valence-electron chi connectivity index (χ1n) is 7.47. The summed E-state index contributed by atoms with van der Waals surface area (Å²) in [5.74, 6) is -0.523. The van der Waals surface area contributed by atoms with Crippen molar-refractivity contribution in [2.75, 3.05) is 11.5 Å². The maximum atomic E-state index is 13.3. The zero-order valence-electron chi connectivity index (χ0n) is 13.1. The van der Waals surface area contributed by atoms with E-state index in [0.717, 1.165) is 0 Å². The molecule has 1 aliphatic heterocycles. The number of halogens is 1. The third kappa shape index (κ3) is 3.99. The molecule has 24 heavy (non-hydrogen) atoms. The summed E-state index contributed by atoms with van der Waals surface area (Å²) in [6.07, 6.45) is 0.494. The number of thiazole rings is 1. The second-order valence-corrected chi connectivity index (χ2v) is 9.32. The molecule has 1 aromatic carbocycles. The van der Waals surface area contributed by atoms with Crippen molar-refractivity contribution in [1.82, 2.24) is 10.3 Å². The van der Waals surface area contributed by atoms with Gasteiger partial charge in [0.15, 0.2) is 9.84 Å². The molecule has 1 aromatic heterocycles. The fraction of sp³-hybridized carbons (Fsp3) is 0.375. The zero-order chi connectivity index (χ0) is 17.4. The molecule has 0 saturated carbocycles. The monoisotopic (exact) mass is 368 g/mol. The number of carbonyl (C=O) groups is 1. The van der Waals surface area contributed by atoms with Crippen molar-refractivity contribution in [3.63, 3.8) is 0 Å². The lowest BCUT2D eigenvalue weighted by molar-refractivity contribution is -0.121. The Hall–Kier alpha value is -1.80. The highest BCUT2D eigenvalue weighted by Crippen LogP contribution is 2.25. The van der Waals surface area contributed by atoms with E-state index in [1.165, 1.54) is 23.5 Å². The molecule has 8 heteroatoms. The van der Waals surface area contributed by atoms with Crippen LogP contribution in [-0.2, 0) is 21.1 Å². The Balaban J connectivity index is 1.66. The van der Waals surface area contributed by atoms with Gasteiger partial charge in [0, 0.05) is 10.9 Å². The third-order valence-corrected chi connectivity index (χ3v) is 6.75. The molecule has 1 saturated heterocycles. The average Bonchev–Trinajstić information content (AvgIpc) is 3.03. The number of hydrogen-bond donors (Lipinski definition) is 1. The topological polar surface area (TPSA) is 76.1 Å². The van der Waals surface area contributed by atoms with Gasteiger partial charge in [-0.25, -0.2) is 17.8 Å². The number of carbonyl (C=O) groups excluding carboxylic acids is 1. The van der Waals surface area contributed by atoms with E-state index in [1.807, 2.05) is 0 Å². The maximum Gasteiger partial charge on any atom is 0.226 e. The number of aromatic nitrogens is 1. The summed E-state index contributed by atoms with van der Waals surface area (Å²) in [4.78, 5) is 16.5. The van der Waals surface area contributed by atoms with Crippen molar-refractivity contribution in [3.8, 4) is 10.6 Å². The number of amides is 1. The van der Waals surface area contributed by atoms with E-state index in [9.17, 15) is 17.6 Å². The molecule has 5 nitrogen and oxygen atoms in total. The minimum atomic E-state index is -3.07. The number of benzene rings is 1. The van der Waals surface area contributed by atoms with E-state index >= 15 is 0 Å². The molecule has 1 atom stereocenters. The minimum Gasteiger partial charge on any atom is -0.350 e. The molecule has 1 fully saturated rings. The minimum absolute atomic E-state index is 0.0304. The summed E-state index contributed by atoms with van der Waals surface area (Å²) in [5, 5.41) is 5.21. The number of hydrogen-bond acceptors (Lipinski definition) is 5. The number of sulfone groups is 1. The van der Waals surface area contributed by atoms with Crippen molar-refractivity contribution in [2.24, 2.45) is 0 Å². The van der Waals surface area contributed by atoms with Gasteiger partial charge in [-0.2, -0.15) is 0 Å². The molecule has 0 bridgehead atoms. The molecule has 1 unspecified atom stereocenters. The second kappa shape index (κ2) is 6.25. The Bertz CT molecular complexity index is 879. The largest absolute Gasteiger partial charge is 0.350 e. The van der Waals surface area contributed by atoms with Gasteiger partial charge in [-0.15, -0.1) is 11.3 Å². The average molecular weight is 368 g/mol. The molecular weight excluding hydrogens is 351 g/mol. The molecular formula is C16H17FN2O3S2. The summed E-state index contributed by atoms with van der Waals surface area (Å²) >= 11 is 1.34. The van der Waals surface area contributed by atoms with Gasteiger partial charge < -0.3 is 5.32 Å². The van der Waals surface area contributed by atoms with Crippen LogP contribution in [0.25, 0.3) is 10.6 Å². The SMILES string of the molecule is CC1(NC(=O)Cc2csc(-c3cccc(F)c3)n2)CCS(=O)(=O)C1. The predicted molar refractivity (Wildman–Crippen MR) is 91.0 cm³/mol. The Labute approximate surface area is 143 Å². The van der Waals surface area contributed by atoms with E-state index in [4.69, 9.17) is 0 Å². The Morgan fingerprint density at radius 3 is 2.92 bits per heavy atom. The van der Waals surface area contributed by atoms with Crippen LogP contribution in [0, 0.1) is 5.82 Å². The fourth-order valence-corrected chi connectivity index (χ4v) is 5.71. The van der Waals surface area contributed by atoms with E-state index in [2.05, 4.69) is 10.3 Å². The number of nitrogens with zero attached hydrogens (tertiary/aromatic N) is 1. The highest BCUT2D eigenvalue weighted by molar-refractivity contribution is 7.91. The summed E-state index contributed by atoms with van der Waals surface area (Å²) in [6.45, 7) is 1.74. The van der Waals surface area contributed by atoms with Gasteiger partial charge in [0.05, 0.1) is 29.2 Å². The fourth-order valence-electron chi connectivity index (χ4n) is 2.80. The molecule has 3 rings (SSSR count).